The molecule has 1 unspecified atom stereocenters. The molecule has 2 rings (SSSR count). The number of hydrogen-bond donors (Lipinski definition) is 2. The Morgan fingerprint density at radius 1 is 1.50 bits per heavy atom. The molecule has 2 aromatic heterocycles. The summed E-state index contributed by atoms with van der Waals surface area (Å²) in [6.07, 6.45) is 1.63. The van der Waals surface area contributed by atoms with E-state index in [0.29, 0.717) is 0 Å². The van der Waals surface area contributed by atoms with Crippen molar-refractivity contribution in [1.82, 2.24) is 15.5 Å². The van der Waals surface area contributed by atoms with Crippen molar-refractivity contribution in [2.24, 2.45) is 0 Å². The first-order valence-electron chi connectivity index (χ1n) is 6.90. The van der Waals surface area contributed by atoms with E-state index in [1.807, 2.05) is 25.3 Å². The summed E-state index contributed by atoms with van der Waals surface area (Å²) in [6, 6.07) is 2.07. The number of hydrogen-bond acceptors (Lipinski definition) is 3. The quantitative estimate of drug-likeness (QED) is 0.889. The highest BCUT2D eigenvalue weighted by Gasteiger charge is 2.16. The van der Waals surface area contributed by atoms with E-state index in [2.05, 4.69) is 29.4 Å². The fourth-order valence-electron chi connectivity index (χ4n) is 2.35. The number of nitrogens with one attached hydrogen (secondary N) is 2. The third-order valence-corrected chi connectivity index (χ3v) is 4.31. The van der Waals surface area contributed by atoms with Gasteiger partial charge in [0.15, 0.2) is 0 Å². The van der Waals surface area contributed by atoms with Gasteiger partial charge in [-0.15, -0.1) is 11.3 Å². The first kappa shape index (κ1) is 14.8. The van der Waals surface area contributed by atoms with Crippen LogP contribution in [0.1, 0.15) is 46.0 Å². The summed E-state index contributed by atoms with van der Waals surface area (Å²) in [7, 11) is 0. The van der Waals surface area contributed by atoms with Gasteiger partial charge in [0, 0.05) is 28.4 Å². The van der Waals surface area contributed by atoms with Crippen LogP contribution in [0.5, 0.6) is 0 Å². The van der Waals surface area contributed by atoms with E-state index in [-0.39, 0.29) is 11.9 Å². The number of amides is 1. The van der Waals surface area contributed by atoms with E-state index in [4.69, 9.17) is 0 Å². The fourth-order valence-corrected chi connectivity index (χ4v) is 3.29. The Morgan fingerprint density at radius 3 is 2.85 bits per heavy atom. The van der Waals surface area contributed by atoms with Gasteiger partial charge in [0.1, 0.15) is 0 Å². The summed E-state index contributed by atoms with van der Waals surface area (Å²) in [5.41, 5.74) is 4.00. The van der Waals surface area contributed by atoms with Crippen LogP contribution in [0.15, 0.2) is 11.4 Å². The highest BCUT2D eigenvalue weighted by Crippen LogP contribution is 2.22. The lowest BCUT2D eigenvalue weighted by Crippen LogP contribution is -2.34. The SMILES string of the molecule is CCc1c(C(=O)NC(C)Cc2cc(C)[nH]n2)csc1C. The van der Waals surface area contributed by atoms with Gasteiger partial charge in [-0.2, -0.15) is 5.10 Å². The minimum absolute atomic E-state index is 0.0194. The molecule has 0 aliphatic carbocycles. The van der Waals surface area contributed by atoms with Gasteiger partial charge < -0.3 is 5.32 Å². The Kier molecular flexibility index (Phi) is 4.60. The molecular weight excluding hydrogens is 270 g/mol. The number of carbonyl (C=O) groups excluding carboxylic acids is 1. The van der Waals surface area contributed by atoms with Gasteiger partial charge in [-0.3, -0.25) is 9.89 Å². The van der Waals surface area contributed by atoms with Crippen molar-refractivity contribution in [3.05, 3.63) is 38.8 Å². The molecule has 108 valence electrons. The lowest BCUT2D eigenvalue weighted by atomic mass is 10.1. The van der Waals surface area contributed by atoms with Crippen molar-refractivity contribution >= 4 is 17.2 Å². The molecule has 2 heterocycles. The summed E-state index contributed by atoms with van der Waals surface area (Å²) >= 11 is 1.64. The molecule has 20 heavy (non-hydrogen) atoms. The number of rotatable bonds is 5. The molecule has 2 aromatic rings. The maximum atomic E-state index is 12.3. The maximum absolute atomic E-state index is 12.3. The van der Waals surface area contributed by atoms with Gasteiger partial charge in [0.2, 0.25) is 0 Å². The minimum atomic E-state index is 0.0194. The van der Waals surface area contributed by atoms with Crippen LogP contribution < -0.4 is 5.32 Å². The van der Waals surface area contributed by atoms with Crippen molar-refractivity contribution in [3.63, 3.8) is 0 Å². The van der Waals surface area contributed by atoms with Crippen molar-refractivity contribution in [1.29, 1.82) is 0 Å². The monoisotopic (exact) mass is 291 g/mol. The summed E-state index contributed by atoms with van der Waals surface area (Å²) in [6.45, 7) is 8.13. The zero-order chi connectivity index (χ0) is 14.7. The molecule has 0 aliphatic rings. The number of thiophene rings is 1. The number of aromatic amines is 1. The molecule has 0 saturated heterocycles. The van der Waals surface area contributed by atoms with E-state index in [1.165, 1.54) is 4.88 Å². The van der Waals surface area contributed by atoms with Crippen molar-refractivity contribution in [3.8, 4) is 0 Å². The van der Waals surface area contributed by atoms with Gasteiger partial charge in [-0.05, 0) is 38.8 Å². The van der Waals surface area contributed by atoms with E-state index in [0.717, 1.165) is 35.4 Å². The number of carbonyl (C=O) groups is 1. The van der Waals surface area contributed by atoms with E-state index in [1.54, 1.807) is 11.3 Å². The van der Waals surface area contributed by atoms with E-state index >= 15 is 0 Å². The molecule has 1 atom stereocenters. The van der Waals surface area contributed by atoms with Gasteiger partial charge >= 0.3 is 0 Å². The topological polar surface area (TPSA) is 57.8 Å². The Labute approximate surface area is 123 Å². The maximum Gasteiger partial charge on any atom is 0.252 e. The summed E-state index contributed by atoms with van der Waals surface area (Å²) < 4.78 is 0. The molecule has 0 aliphatic heterocycles. The van der Waals surface area contributed by atoms with Crippen LogP contribution in [-0.4, -0.2) is 22.1 Å². The first-order chi connectivity index (χ1) is 9.51. The zero-order valence-corrected chi connectivity index (χ0v) is 13.2. The van der Waals surface area contributed by atoms with Crippen LogP contribution >= 0.6 is 11.3 Å². The Bertz CT molecular complexity index is 600. The van der Waals surface area contributed by atoms with E-state index < -0.39 is 0 Å². The number of H-pyrrole nitrogens is 1. The Balaban J connectivity index is 2.00. The zero-order valence-electron chi connectivity index (χ0n) is 12.4. The van der Waals surface area contributed by atoms with Gasteiger partial charge in [-0.1, -0.05) is 6.92 Å². The number of nitrogens with zero attached hydrogens (tertiary/aromatic N) is 1. The van der Waals surface area contributed by atoms with E-state index in [9.17, 15) is 4.79 Å². The largest absolute Gasteiger partial charge is 0.349 e. The molecule has 1 amide bonds. The average molecular weight is 291 g/mol. The molecule has 0 spiro atoms. The molecule has 0 radical (unpaired) electrons. The lowest BCUT2D eigenvalue weighted by Gasteiger charge is -2.13. The predicted octanol–water partition coefficient (Wildman–Crippen LogP) is 3.01. The first-order valence-corrected chi connectivity index (χ1v) is 7.78. The molecular formula is C15H21N3OS. The van der Waals surface area contributed by atoms with Crippen LogP contribution in [0.2, 0.25) is 0 Å². The van der Waals surface area contributed by atoms with Gasteiger partial charge in [-0.25, -0.2) is 0 Å². The third kappa shape index (κ3) is 3.28. The summed E-state index contributed by atoms with van der Waals surface area (Å²) in [5.74, 6) is 0.0194. The predicted molar refractivity (Wildman–Crippen MR) is 82.4 cm³/mol. The van der Waals surface area contributed by atoms with Crippen LogP contribution in [0.4, 0.5) is 0 Å². The Morgan fingerprint density at radius 2 is 2.25 bits per heavy atom. The second-order valence-corrected chi connectivity index (χ2v) is 6.24. The highest BCUT2D eigenvalue weighted by atomic mass is 32.1. The molecule has 2 N–H and O–H groups in total. The van der Waals surface area contributed by atoms with Crippen LogP contribution in [0.25, 0.3) is 0 Å². The van der Waals surface area contributed by atoms with Gasteiger partial charge in [0.25, 0.3) is 5.91 Å². The summed E-state index contributed by atoms with van der Waals surface area (Å²) in [5, 5.41) is 12.1. The molecule has 0 saturated carbocycles. The molecule has 5 heteroatoms. The standard InChI is InChI=1S/C15H21N3OS/c1-5-13-11(4)20-8-14(13)15(19)16-9(2)6-12-7-10(3)17-18-12/h7-9H,5-6H2,1-4H3,(H,16,19)(H,17,18). The average Bonchev–Trinajstić information content (AvgIpc) is 2.95. The fraction of sp³-hybridized carbons (Fsp3) is 0.467. The molecule has 0 bridgehead atoms. The van der Waals surface area contributed by atoms with Crippen LogP contribution in [0.3, 0.4) is 0 Å². The van der Waals surface area contributed by atoms with Crippen LogP contribution in [-0.2, 0) is 12.8 Å². The Hall–Kier alpha value is -1.62. The molecule has 0 aromatic carbocycles. The van der Waals surface area contributed by atoms with Crippen molar-refractivity contribution < 1.29 is 4.79 Å². The highest BCUT2D eigenvalue weighted by molar-refractivity contribution is 7.10. The van der Waals surface area contributed by atoms with Crippen molar-refractivity contribution in [2.45, 2.75) is 46.6 Å². The second kappa shape index (κ2) is 6.22. The smallest absolute Gasteiger partial charge is 0.252 e. The molecule has 0 fully saturated rings. The minimum Gasteiger partial charge on any atom is -0.349 e. The number of aromatic nitrogens is 2. The molecule has 4 nitrogen and oxygen atoms in total. The van der Waals surface area contributed by atoms with Gasteiger partial charge in [0.05, 0.1) is 11.3 Å². The third-order valence-electron chi connectivity index (χ3n) is 3.35. The lowest BCUT2D eigenvalue weighted by molar-refractivity contribution is 0.0939. The second-order valence-electron chi connectivity index (χ2n) is 5.16. The normalized spacial score (nSPS) is 12.4. The number of aryl methyl sites for hydroxylation is 2. The van der Waals surface area contributed by atoms with Crippen molar-refractivity contribution in [2.75, 3.05) is 0 Å². The summed E-state index contributed by atoms with van der Waals surface area (Å²) in [4.78, 5) is 13.5. The van der Waals surface area contributed by atoms with Crippen LogP contribution in [0, 0.1) is 13.8 Å².